The lowest BCUT2D eigenvalue weighted by atomic mass is 9.78. The number of pyridine rings is 1. The molecule has 6 heteroatoms. The number of rotatable bonds is 3. The number of ether oxygens (including phenoxy) is 2. The van der Waals surface area contributed by atoms with E-state index in [0.29, 0.717) is 12.5 Å². The summed E-state index contributed by atoms with van der Waals surface area (Å²) in [6.07, 6.45) is 3.73. The van der Waals surface area contributed by atoms with Crippen molar-refractivity contribution in [3.63, 3.8) is 0 Å². The van der Waals surface area contributed by atoms with Crippen molar-refractivity contribution >= 4 is 17.0 Å². The van der Waals surface area contributed by atoms with E-state index in [1.54, 1.807) is 0 Å². The van der Waals surface area contributed by atoms with Crippen molar-refractivity contribution < 1.29 is 14.3 Å². The number of amides is 1. The summed E-state index contributed by atoms with van der Waals surface area (Å²) in [6, 6.07) is 16.4. The number of hydrogen-bond donors (Lipinski definition) is 1. The van der Waals surface area contributed by atoms with Gasteiger partial charge in [-0.3, -0.25) is 9.88 Å². The molecule has 1 N–H and O–H groups in total. The van der Waals surface area contributed by atoms with Crippen LogP contribution in [-0.2, 0) is 4.74 Å². The normalized spacial score (nSPS) is 27.0. The Morgan fingerprint density at radius 1 is 1.12 bits per heavy atom. The molecule has 0 spiro atoms. The van der Waals surface area contributed by atoms with Crippen LogP contribution in [0.4, 0.5) is 4.79 Å². The summed E-state index contributed by atoms with van der Waals surface area (Å²) < 4.78 is 12.1. The zero-order chi connectivity index (χ0) is 23.3. The molecule has 3 saturated heterocycles. The standard InChI is InChI=1S/C28H31N3O3/c1-28(2)17-33-24-15-20(19-6-8-23-21(14-19)4-3-11-29-23)5-7-22(24)26(28)30-27(32)34-25-16-31-12-9-18(25)10-13-31/h3-8,11,14-15,18,25-26H,9-10,12-13,16-17H2,1-2H3,(H,30,32)/t25-,26?/m1/s1. The number of piperidine rings is 3. The quantitative estimate of drug-likeness (QED) is 0.587. The third kappa shape index (κ3) is 3.90. The smallest absolute Gasteiger partial charge is 0.407 e. The molecule has 4 aliphatic heterocycles. The Balaban J connectivity index is 1.24. The van der Waals surface area contributed by atoms with Gasteiger partial charge in [-0.2, -0.15) is 0 Å². The number of carbonyl (C=O) groups excluding carboxylic acids is 1. The zero-order valence-electron chi connectivity index (χ0n) is 19.8. The van der Waals surface area contributed by atoms with E-state index in [1.807, 2.05) is 18.3 Å². The van der Waals surface area contributed by atoms with E-state index in [2.05, 4.69) is 65.4 Å². The maximum absolute atomic E-state index is 13.0. The Kier molecular flexibility index (Phi) is 5.21. The largest absolute Gasteiger partial charge is 0.493 e. The first-order valence-corrected chi connectivity index (χ1v) is 12.3. The first-order valence-electron chi connectivity index (χ1n) is 12.3. The molecule has 2 atom stereocenters. The highest BCUT2D eigenvalue weighted by molar-refractivity contribution is 5.84. The number of nitrogens with zero attached hydrogens (tertiary/aromatic N) is 2. The summed E-state index contributed by atoms with van der Waals surface area (Å²) >= 11 is 0. The SMILES string of the molecule is CC1(C)COc2cc(-c3ccc4ncccc4c3)ccc2C1NC(=O)O[C@@H]1CN2CCC1CC2. The number of alkyl carbamates (subject to hydrolysis) is 1. The van der Waals surface area contributed by atoms with E-state index >= 15 is 0 Å². The first-order chi connectivity index (χ1) is 16.5. The second kappa shape index (κ2) is 8.27. The topological polar surface area (TPSA) is 63.7 Å². The fourth-order valence-electron chi connectivity index (χ4n) is 5.71. The number of benzene rings is 2. The minimum atomic E-state index is -0.323. The summed E-state index contributed by atoms with van der Waals surface area (Å²) in [4.78, 5) is 19.8. The van der Waals surface area contributed by atoms with Crippen molar-refractivity contribution in [3.8, 4) is 16.9 Å². The van der Waals surface area contributed by atoms with Gasteiger partial charge < -0.3 is 14.8 Å². The van der Waals surface area contributed by atoms with Gasteiger partial charge in [-0.1, -0.05) is 38.1 Å². The molecule has 4 aliphatic rings. The molecule has 3 aromatic rings. The summed E-state index contributed by atoms with van der Waals surface area (Å²) in [6.45, 7) is 7.89. The number of aromatic nitrogens is 1. The summed E-state index contributed by atoms with van der Waals surface area (Å²) in [5, 5.41) is 4.29. The van der Waals surface area contributed by atoms with Crippen LogP contribution in [-0.4, -0.2) is 48.3 Å². The number of fused-ring (bicyclic) bond motifs is 5. The summed E-state index contributed by atoms with van der Waals surface area (Å²) in [7, 11) is 0. The summed E-state index contributed by atoms with van der Waals surface area (Å²) in [5.41, 5.74) is 3.92. The van der Waals surface area contributed by atoms with Crippen LogP contribution < -0.4 is 10.1 Å². The number of carbonyl (C=O) groups is 1. The molecule has 2 aromatic carbocycles. The predicted molar refractivity (Wildman–Crippen MR) is 132 cm³/mol. The molecule has 1 unspecified atom stereocenters. The van der Waals surface area contributed by atoms with Crippen LogP contribution in [0.3, 0.4) is 0 Å². The molecular formula is C28H31N3O3. The predicted octanol–water partition coefficient (Wildman–Crippen LogP) is 5.18. The molecule has 1 aromatic heterocycles. The first kappa shape index (κ1) is 21.4. The fraction of sp³-hybridized carbons (Fsp3) is 0.429. The number of hydrogen-bond acceptors (Lipinski definition) is 5. The molecule has 6 nitrogen and oxygen atoms in total. The van der Waals surface area contributed by atoms with Gasteiger partial charge in [0.15, 0.2) is 0 Å². The van der Waals surface area contributed by atoms with Crippen molar-refractivity contribution in [2.45, 2.75) is 38.8 Å². The van der Waals surface area contributed by atoms with E-state index in [-0.39, 0.29) is 23.7 Å². The highest BCUT2D eigenvalue weighted by Gasteiger charge is 2.41. The van der Waals surface area contributed by atoms with E-state index < -0.39 is 0 Å². The molecule has 0 radical (unpaired) electrons. The Hall–Kier alpha value is -3.12. The average molecular weight is 458 g/mol. The van der Waals surface area contributed by atoms with Crippen LogP contribution in [0, 0.1) is 11.3 Å². The monoisotopic (exact) mass is 457 g/mol. The second-order valence-corrected chi connectivity index (χ2v) is 10.6. The van der Waals surface area contributed by atoms with Crippen LogP contribution in [0.15, 0.2) is 54.7 Å². The van der Waals surface area contributed by atoms with Crippen LogP contribution in [0.5, 0.6) is 5.75 Å². The molecule has 34 heavy (non-hydrogen) atoms. The van der Waals surface area contributed by atoms with Gasteiger partial charge in [0.1, 0.15) is 11.9 Å². The van der Waals surface area contributed by atoms with Crippen LogP contribution in [0.25, 0.3) is 22.0 Å². The second-order valence-electron chi connectivity index (χ2n) is 10.6. The highest BCUT2D eigenvalue weighted by atomic mass is 16.6. The number of nitrogens with one attached hydrogen (secondary N) is 1. The van der Waals surface area contributed by atoms with Gasteiger partial charge in [-0.15, -0.1) is 0 Å². The van der Waals surface area contributed by atoms with Crippen LogP contribution >= 0.6 is 0 Å². The third-order valence-electron chi connectivity index (χ3n) is 7.76. The van der Waals surface area contributed by atoms with Gasteiger partial charge in [-0.25, -0.2) is 4.79 Å². The Morgan fingerprint density at radius 3 is 2.71 bits per heavy atom. The Morgan fingerprint density at radius 2 is 1.91 bits per heavy atom. The van der Waals surface area contributed by atoms with Gasteiger partial charge in [0, 0.05) is 29.1 Å². The molecule has 1 amide bonds. The molecule has 0 aliphatic carbocycles. The molecule has 0 saturated carbocycles. The van der Waals surface area contributed by atoms with Crippen molar-refractivity contribution in [1.29, 1.82) is 0 Å². The van der Waals surface area contributed by atoms with Crippen molar-refractivity contribution in [1.82, 2.24) is 15.2 Å². The van der Waals surface area contributed by atoms with E-state index in [4.69, 9.17) is 9.47 Å². The average Bonchev–Trinajstić information content (AvgIpc) is 2.86. The van der Waals surface area contributed by atoms with Gasteiger partial charge in [-0.05, 0) is 67.2 Å². The van der Waals surface area contributed by atoms with Crippen molar-refractivity contribution in [2.75, 3.05) is 26.2 Å². The molecule has 5 heterocycles. The minimum Gasteiger partial charge on any atom is -0.493 e. The van der Waals surface area contributed by atoms with Gasteiger partial charge in [0.2, 0.25) is 0 Å². The van der Waals surface area contributed by atoms with E-state index in [0.717, 1.165) is 65.8 Å². The maximum Gasteiger partial charge on any atom is 0.407 e. The lowest BCUT2D eigenvalue weighted by Gasteiger charge is -2.44. The Bertz CT molecular complexity index is 1230. The Labute approximate surface area is 200 Å². The third-order valence-corrected chi connectivity index (χ3v) is 7.76. The fourth-order valence-corrected chi connectivity index (χ4v) is 5.71. The molecular weight excluding hydrogens is 426 g/mol. The maximum atomic E-state index is 13.0. The molecule has 176 valence electrons. The van der Waals surface area contributed by atoms with Gasteiger partial charge in [0.25, 0.3) is 0 Å². The lowest BCUT2D eigenvalue weighted by Crippen LogP contribution is -2.53. The zero-order valence-corrected chi connectivity index (χ0v) is 19.8. The van der Waals surface area contributed by atoms with Crippen LogP contribution in [0.1, 0.15) is 38.3 Å². The van der Waals surface area contributed by atoms with Crippen molar-refractivity contribution in [2.24, 2.45) is 11.3 Å². The van der Waals surface area contributed by atoms with E-state index in [1.165, 1.54) is 0 Å². The molecule has 3 fully saturated rings. The molecule has 7 rings (SSSR count). The summed E-state index contributed by atoms with van der Waals surface area (Å²) in [5.74, 6) is 1.31. The van der Waals surface area contributed by atoms with Gasteiger partial charge in [0.05, 0.1) is 18.2 Å². The lowest BCUT2D eigenvalue weighted by molar-refractivity contribution is -0.0361. The minimum absolute atomic E-state index is 0.00491. The van der Waals surface area contributed by atoms with Crippen LogP contribution in [0.2, 0.25) is 0 Å². The highest BCUT2D eigenvalue weighted by Crippen LogP contribution is 2.44. The molecule has 2 bridgehead atoms. The van der Waals surface area contributed by atoms with Crippen molar-refractivity contribution in [3.05, 3.63) is 60.3 Å². The van der Waals surface area contributed by atoms with E-state index in [9.17, 15) is 4.79 Å². The van der Waals surface area contributed by atoms with Gasteiger partial charge >= 0.3 is 6.09 Å².